The standard InChI is InChI=1S/C12H17N3O3/c1-18-9-4-2-3-8(5-9)7-15-12(17)10(13)6-11(14)16/h2-5,10H,6-7,13H2,1H3,(H2,14,16)(H,15,17)/t10-/m0/s1. The maximum atomic E-state index is 11.5. The first kappa shape index (κ1) is 14.0. The van der Waals surface area contributed by atoms with Crippen LogP contribution in [0.15, 0.2) is 24.3 Å². The van der Waals surface area contributed by atoms with Gasteiger partial charge in [-0.2, -0.15) is 0 Å². The van der Waals surface area contributed by atoms with Crippen LogP contribution >= 0.6 is 0 Å². The Morgan fingerprint density at radius 1 is 1.44 bits per heavy atom. The van der Waals surface area contributed by atoms with Crippen molar-refractivity contribution in [2.75, 3.05) is 7.11 Å². The zero-order chi connectivity index (χ0) is 13.5. The van der Waals surface area contributed by atoms with E-state index in [1.807, 2.05) is 18.2 Å². The lowest BCUT2D eigenvalue weighted by molar-refractivity contribution is -0.126. The number of amides is 2. The van der Waals surface area contributed by atoms with E-state index < -0.39 is 17.9 Å². The third-order valence-electron chi connectivity index (χ3n) is 2.36. The Bertz CT molecular complexity index is 434. The van der Waals surface area contributed by atoms with Crippen molar-refractivity contribution < 1.29 is 14.3 Å². The number of methoxy groups -OCH3 is 1. The Hall–Kier alpha value is -2.08. The molecule has 0 heterocycles. The topological polar surface area (TPSA) is 107 Å². The first-order valence-electron chi connectivity index (χ1n) is 5.47. The van der Waals surface area contributed by atoms with Gasteiger partial charge < -0.3 is 21.5 Å². The van der Waals surface area contributed by atoms with Crippen molar-refractivity contribution in [2.24, 2.45) is 11.5 Å². The van der Waals surface area contributed by atoms with Gasteiger partial charge in [0.2, 0.25) is 11.8 Å². The van der Waals surface area contributed by atoms with Crippen LogP contribution in [0.5, 0.6) is 5.75 Å². The van der Waals surface area contributed by atoms with E-state index in [1.165, 1.54) is 0 Å². The first-order valence-corrected chi connectivity index (χ1v) is 5.47. The highest BCUT2D eigenvalue weighted by Gasteiger charge is 2.15. The lowest BCUT2D eigenvalue weighted by atomic mass is 10.2. The SMILES string of the molecule is COc1cccc(CNC(=O)[C@@H](N)CC(N)=O)c1. The fourth-order valence-corrected chi connectivity index (χ4v) is 1.41. The fourth-order valence-electron chi connectivity index (χ4n) is 1.41. The summed E-state index contributed by atoms with van der Waals surface area (Å²) in [5.41, 5.74) is 11.3. The number of rotatable bonds is 6. The van der Waals surface area contributed by atoms with Gasteiger partial charge in [0.1, 0.15) is 5.75 Å². The first-order chi connectivity index (χ1) is 8.52. The van der Waals surface area contributed by atoms with Crippen LogP contribution in [0.25, 0.3) is 0 Å². The largest absolute Gasteiger partial charge is 0.497 e. The summed E-state index contributed by atoms with van der Waals surface area (Å²) in [5, 5.41) is 2.63. The van der Waals surface area contributed by atoms with Crippen LogP contribution in [-0.2, 0) is 16.1 Å². The Morgan fingerprint density at radius 2 is 2.17 bits per heavy atom. The van der Waals surface area contributed by atoms with E-state index in [-0.39, 0.29) is 6.42 Å². The summed E-state index contributed by atoms with van der Waals surface area (Å²) in [6.07, 6.45) is -0.163. The Morgan fingerprint density at radius 3 is 2.78 bits per heavy atom. The Kier molecular flexibility index (Phi) is 5.13. The van der Waals surface area contributed by atoms with E-state index >= 15 is 0 Å². The molecule has 1 atom stereocenters. The van der Waals surface area contributed by atoms with E-state index in [2.05, 4.69) is 5.32 Å². The smallest absolute Gasteiger partial charge is 0.237 e. The minimum Gasteiger partial charge on any atom is -0.497 e. The van der Waals surface area contributed by atoms with Gasteiger partial charge in [0.05, 0.1) is 19.6 Å². The van der Waals surface area contributed by atoms with Gasteiger partial charge in [-0.3, -0.25) is 9.59 Å². The number of hydrogen-bond acceptors (Lipinski definition) is 4. The predicted molar refractivity (Wildman–Crippen MR) is 66.6 cm³/mol. The summed E-state index contributed by atoms with van der Waals surface area (Å²) in [7, 11) is 1.57. The fraction of sp³-hybridized carbons (Fsp3) is 0.333. The van der Waals surface area contributed by atoms with Crippen molar-refractivity contribution in [3.8, 4) is 5.75 Å². The zero-order valence-electron chi connectivity index (χ0n) is 10.2. The number of nitrogens with two attached hydrogens (primary N) is 2. The molecule has 0 bridgehead atoms. The van der Waals surface area contributed by atoms with Gasteiger partial charge in [0.15, 0.2) is 0 Å². The second-order valence-corrected chi connectivity index (χ2v) is 3.85. The van der Waals surface area contributed by atoms with Gasteiger partial charge >= 0.3 is 0 Å². The minimum absolute atomic E-state index is 0.163. The summed E-state index contributed by atoms with van der Waals surface area (Å²) >= 11 is 0. The highest BCUT2D eigenvalue weighted by molar-refractivity contribution is 5.87. The molecule has 1 aromatic rings. The van der Waals surface area contributed by atoms with Gasteiger partial charge in [-0.05, 0) is 17.7 Å². The molecule has 0 spiro atoms. The van der Waals surface area contributed by atoms with Crippen LogP contribution in [0.3, 0.4) is 0 Å². The molecule has 5 N–H and O–H groups in total. The van der Waals surface area contributed by atoms with Crippen LogP contribution in [0.2, 0.25) is 0 Å². The third-order valence-corrected chi connectivity index (χ3v) is 2.36. The number of ether oxygens (including phenoxy) is 1. The number of benzene rings is 1. The molecule has 2 amide bonds. The quantitative estimate of drug-likeness (QED) is 0.634. The minimum atomic E-state index is -0.909. The van der Waals surface area contributed by atoms with Crippen LogP contribution in [-0.4, -0.2) is 25.0 Å². The maximum Gasteiger partial charge on any atom is 0.237 e. The number of hydrogen-bond donors (Lipinski definition) is 3. The van der Waals surface area contributed by atoms with Crippen LogP contribution in [0.4, 0.5) is 0 Å². The number of primary amides is 1. The molecule has 6 heteroatoms. The second-order valence-electron chi connectivity index (χ2n) is 3.85. The lowest BCUT2D eigenvalue weighted by Crippen LogP contribution is -2.42. The molecular formula is C12H17N3O3. The summed E-state index contributed by atoms with van der Waals surface area (Å²) in [5.74, 6) is -0.293. The van der Waals surface area contributed by atoms with Gasteiger partial charge in [-0.15, -0.1) is 0 Å². The van der Waals surface area contributed by atoms with Crippen molar-refractivity contribution in [2.45, 2.75) is 19.0 Å². The molecule has 0 aromatic heterocycles. The Labute approximate surface area is 105 Å². The molecule has 0 aliphatic rings. The number of nitrogens with one attached hydrogen (secondary N) is 1. The van der Waals surface area contributed by atoms with Gasteiger partial charge in [0, 0.05) is 6.54 Å². The monoisotopic (exact) mass is 251 g/mol. The Balaban J connectivity index is 2.49. The summed E-state index contributed by atoms with van der Waals surface area (Å²) in [4.78, 5) is 22.1. The molecule has 0 aliphatic carbocycles. The van der Waals surface area contributed by atoms with E-state index in [4.69, 9.17) is 16.2 Å². The molecule has 0 fully saturated rings. The van der Waals surface area contributed by atoms with Crippen molar-refractivity contribution in [3.63, 3.8) is 0 Å². The maximum absolute atomic E-state index is 11.5. The molecule has 0 saturated heterocycles. The van der Waals surface area contributed by atoms with Crippen LogP contribution < -0.4 is 21.5 Å². The molecule has 98 valence electrons. The van der Waals surface area contributed by atoms with Crippen LogP contribution in [0, 0.1) is 0 Å². The molecule has 1 aromatic carbocycles. The van der Waals surface area contributed by atoms with Crippen molar-refractivity contribution in [1.82, 2.24) is 5.32 Å². The zero-order valence-corrected chi connectivity index (χ0v) is 10.2. The molecule has 0 unspecified atom stereocenters. The average molecular weight is 251 g/mol. The molecular weight excluding hydrogens is 234 g/mol. The number of carbonyl (C=O) groups is 2. The van der Waals surface area contributed by atoms with Gasteiger partial charge in [-0.25, -0.2) is 0 Å². The summed E-state index contributed by atoms with van der Waals surface area (Å²) < 4.78 is 5.06. The molecule has 18 heavy (non-hydrogen) atoms. The van der Waals surface area contributed by atoms with Gasteiger partial charge in [-0.1, -0.05) is 12.1 Å². The summed E-state index contributed by atoms with van der Waals surface area (Å²) in [6, 6.07) is 6.38. The second kappa shape index (κ2) is 6.61. The van der Waals surface area contributed by atoms with Crippen molar-refractivity contribution >= 4 is 11.8 Å². The molecule has 6 nitrogen and oxygen atoms in total. The van der Waals surface area contributed by atoms with E-state index in [0.29, 0.717) is 12.3 Å². The molecule has 0 saturated carbocycles. The normalized spacial score (nSPS) is 11.7. The highest BCUT2D eigenvalue weighted by atomic mass is 16.5. The molecule has 0 aliphatic heterocycles. The van der Waals surface area contributed by atoms with E-state index in [9.17, 15) is 9.59 Å². The number of carbonyl (C=O) groups excluding carboxylic acids is 2. The van der Waals surface area contributed by atoms with Gasteiger partial charge in [0.25, 0.3) is 0 Å². The average Bonchev–Trinajstić information content (AvgIpc) is 2.35. The van der Waals surface area contributed by atoms with E-state index in [1.54, 1.807) is 13.2 Å². The van der Waals surface area contributed by atoms with E-state index in [0.717, 1.165) is 5.56 Å². The van der Waals surface area contributed by atoms with Crippen molar-refractivity contribution in [3.05, 3.63) is 29.8 Å². The molecule has 1 rings (SSSR count). The predicted octanol–water partition coefficient (Wildman–Crippen LogP) is -0.486. The third kappa shape index (κ3) is 4.42. The summed E-state index contributed by atoms with van der Waals surface area (Å²) in [6.45, 7) is 0.322. The molecule has 0 radical (unpaired) electrons. The van der Waals surface area contributed by atoms with Crippen molar-refractivity contribution in [1.29, 1.82) is 0 Å². The van der Waals surface area contributed by atoms with Crippen LogP contribution in [0.1, 0.15) is 12.0 Å². The highest BCUT2D eigenvalue weighted by Crippen LogP contribution is 2.12. The lowest BCUT2D eigenvalue weighted by Gasteiger charge is -2.11.